The lowest BCUT2D eigenvalue weighted by atomic mass is 10.1. The van der Waals surface area contributed by atoms with Crippen LogP contribution < -0.4 is 4.90 Å². The number of rotatable bonds is 7. The molecule has 0 aliphatic carbocycles. The number of piperidine rings is 1. The van der Waals surface area contributed by atoms with Crippen molar-refractivity contribution in [3.8, 4) is 22.8 Å². The number of aromatic amines is 2. The number of fused-ring (bicyclic) bond motifs is 2. The third-order valence-corrected chi connectivity index (χ3v) is 6.90. The van der Waals surface area contributed by atoms with E-state index in [4.69, 9.17) is 4.98 Å². The number of imidazole rings is 1. The van der Waals surface area contributed by atoms with Crippen LogP contribution in [0.4, 0.5) is 5.69 Å². The Bertz CT molecular complexity index is 1490. The first kappa shape index (κ1) is 22.6. The molecule has 5 aromatic heterocycles. The average Bonchev–Trinajstić information content (AvgIpc) is 3.53. The largest absolute Gasteiger partial charge is 0.368 e. The maximum absolute atomic E-state index is 4.99. The number of nitrogens with zero attached hydrogens (tertiary/aromatic N) is 7. The monoisotopic (exact) mass is 481 g/mol. The van der Waals surface area contributed by atoms with E-state index in [2.05, 4.69) is 66.2 Å². The van der Waals surface area contributed by atoms with Crippen LogP contribution in [0.15, 0.2) is 43.1 Å². The molecule has 36 heavy (non-hydrogen) atoms. The lowest BCUT2D eigenvalue weighted by Crippen LogP contribution is -2.29. The molecule has 0 amide bonds. The van der Waals surface area contributed by atoms with Crippen molar-refractivity contribution in [2.75, 3.05) is 38.6 Å². The molecule has 0 radical (unpaired) electrons. The van der Waals surface area contributed by atoms with Crippen molar-refractivity contribution < 1.29 is 0 Å². The molecular weight excluding hydrogens is 450 g/mol. The summed E-state index contributed by atoms with van der Waals surface area (Å²) in [5, 5.41) is 8.69. The van der Waals surface area contributed by atoms with Gasteiger partial charge in [-0.2, -0.15) is 5.10 Å². The van der Waals surface area contributed by atoms with Gasteiger partial charge in [0.2, 0.25) is 0 Å². The molecule has 0 saturated carbocycles. The molecule has 1 fully saturated rings. The Balaban J connectivity index is 1.34. The van der Waals surface area contributed by atoms with Crippen LogP contribution in [0.3, 0.4) is 0 Å². The number of anilines is 1. The average molecular weight is 482 g/mol. The second kappa shape index (κ2) is 9.66. The lowest BCUT2D eigenvalue weighted by Gasteiger charge is -2.28. The van der Waals surface area contributed by atoms with Crippen molar-refractivity contribution >= 4 is 27.6 Å². The van der Waals surface area contributed by atoms with E-state index in [9.17, 15) is 0 Å². The molecule has 9 nitrogen and oxygen atoms in total. The summed E-state index contributed by atoms with van der Waals surface area (Å²) in [5.41, 5.74) is 7.72. The van der Waals surface area contributed by atoms with Crippen LogP contribution in [0.5, 0.6) is 0 Å². The highest BCUT2D eigenvalue weighted by molar-refractivity contribution is 5.96. The van der Waals surface area contributed by atoms with E-state index in [0.717, 1.165) is 82.9 Å². The van der Waals surface area contributed by atoms with Crippen molar-refractivity contribution in [2.24, 2.45) is 0 Å². The number of pyridine rings is 3. The highest BCUT2D eigenvalue weighted by Gasteiger charge is 2.19. The molecule has 0 spiro atoms. The molecule has 0 bridgehead atoms. The minimum atomic E-state index is 0.732. The molecule has 1 aliphatic heterocycles. The van der Waals surface area contributed by atoms with Crippen LogP contribution in [-0.4, -0.2) is 73.7 Å². The van der Waals surface area contributed by atoms with Gasteiger partial charge < -0.3 is 14.8 Å². The Labute approximate surface area is 210 Å². The van der Waals surface area contributed by atoms with Gasteiger partial charge in [-0.3, -0.25) is 20.1 Å². The topological polar surface area (TPSA) is 103 Å². The summed E-state index contributed by atoms with van der Waals surface area (Å²) in [6.07, 6.45) is 15.2. The molecule has 6 rings (SSSR count). The predicted octanol–water partition coefficient (Wildman–Crippen LogP) is 4.44. The van der Waals surface area contributed by atoms with Crippen LogP contribution in [-0.2, 0) is 6.42 Å². The van der Waals surface area contributed by atoms with E-state index < -0.39 is 0 Å². The van der Waals surface area contributed by atoms with Crippen LogP contribution in [0.2, 0.25) is 0 Å². The molecule has 9 heteroatoms. The number of hydrogen-bond donors (Lipinski definition) is 2. The molecule has 2 N–H and O–H groups in total. The van der Waals surface area contributed by atoms with Gasteiger partial charge in [0.25, 0.3) is 0 Å². The van der Waals surface area contributed by atoms with E-state index >= 15 is 0 Å². The summed E-state index contributed by atoms with van der Waals surface area (Å²) in [6, 6.07) is 4.26. The van der Waals surface area contributed by atoms with Gasteiger partial charge in [0, 0.05) is 36.4 Å². The minimum Gasteiger partial charge on any atom is -0.368 e. The Morgan fingerprint density at radius 1 is 0.944 bits per heavy atom. The first-order valence-corrected chi connectivity index (χ1v) is 12.7. The van der Waals surface area contributed by atoms with Gasteiger partial charge in [-0.1, -0.05) is 0 Å². The first-order chi connectivity index (χ1) is 17.7. The van der Waals surface area contributed by atoms with Crippen LogP contribution >= 0.6 is 0 Å². The standard InChI is InChI=1S/C27H31N9/c1-35(2)8-6-7-18-11-19(14-28-13-18)21-12-20-22(16-30-21)33-34-25(20)27-31-23-15-29-17-24(26(23)32-27)36-9-4-3-5-10-36/h11-17H,3-10H2,1-2H3,(H,31,32)(H,33,34). The zero-order valence-corrected chi connectivity index (χ0v) is 20.8. The summed E-state index contributed by atoms with van der Waals surface area (Å²) in [7, 11) is 4.20. The highest BCUT2D eigenvalue weighted by atomic mass is 15.2. The SMILES string of the molecule is CN(C)CCCc1cncc(-c2cc3c(-c4nc5c(N6CCCCC6)cncc5[nH]4)n[nH]c3cn2)c1. The summed E-state index contributed by atoms with van der Waals surface area (Å²) in [4.78, 5) is 26.7. The van der Waals surface area contributed by atoms with E-state index in [1.165, 1.54) is 24.8 Å². The Kier molecular flexibility index (Phi) is 6.06. The molecular formula is C27H31N9. The van der Waals surface area contributed by atoms with Gasteiger partial charge in [0.1, 0.15) is 11.2 Å². The number of H-pyrrole nitrogens is 2. The Morgan fingerprint density at radius 3 is 2.67 bits per heavy atom. The summed E-state index contributed by atoms with van der Waals surface area (Å²) >= 11 is 0. The highest BCUT2D eigenvalue weighted by Crippen LogP contribution is 2.32. The fraction of sp³-hybridized carbons (Fsp3) is 0.370. The van der Waals surface area contributed by atoms with Gasteiger partial charge in [0.05, 0.1) is 41.0 Å². The second-order valence-electron chi connectivity index (χ2n) is 9.86. The molecule has 5 aromatic rings. The van der Waals surface area contributed by atoms with Crippen LogP contribution in [0, 0.1) is 0 Å². The smallest absolute Gasteiger partial charge is 0.159 e. The maximum Gasteiger partial charge on any atom is 0.159 e. The van der Waals surface area contributed by atoms with E-state index in [1.54, 1.807) is 0 Å². The summed E-state index contributed by atoms with van der Waals surface area (Å²) in [5.74, 6) is 0.732. The van der Waals surface area contributed by atoms with Crippen LogP contribution in [0.25, 0.3) is 44.7 Å². The molecule has 1 aliphatic rings. The lowest BCUT2D eigenvalue weighted by molar-refractivity contribution is 0.400. The van der Waals surface area contributed by atoms with Crippen LogP contribution in [0.1, 0.15) is 31.2 Å². The minimum absolute atomic E-state index is 0.732. The van der Waals surface area contributed by atoms with Gasteiger partial charge in [-0.15, -0.1) is 0 Å². The molecule has 1 saturated heterocycles. The fourth-order valence-electron chi connectivity index (χ4n) is 5.02. The predicted molar refractivity (Wildman–Crippen MR) is 143 cm³/mol. The zero-order chi connectivity index (χ0) is 24.5. The van der Waals surface area contributed by atoms with E-state index in [-0.39, 0.29) is 0 Å². The normalized spacial score (nSPS) is 14.4. The van der Waals surface area contributed by atoms with Gasteiger partial charge in [-0.25, -0.2) is 4.98 Å². The Hall–Kier alpha value is -3.85. The van der Waals surface area contributed by atoms with Gasteiger partial charge in [0.15, 0.2) is 5.82 Å². The van der Waals surface area contributed by atoms with Gasteiger partial charge in [-0.05, 0) is 70.4 Å². The number of aromatic nitrogens is 7. The molecule has 0 aromatic carbocycles. The number of aryl methyl sites for hydroxylation is 1. The van der Waals surface area contributed by atoms with Crippen molar-refractivity contribution in [1.82, 2.24) is 40.0 Å². The van der Waals surface area contributed by atoms with Crippen molar-refractivity contribution in [1.29, 1.82) is 0 Å². The summed E-state index contributed by atoms with van der Waals surface area (Å²) in [6.45, 7) is 3.15. The van der Waals surface area contributed by atoms with Gasteiger partial charge >= 0.3 is 0 Å². The van der Waals surface area contributed by atoms with Crippen molar-refractivity contribution in [2.45, 2.75) is 32.1 Å². The van der Waals surface area contributed by atoms with Crippen molar-refractivity contribution in [3.63, 3.8) is 0 Å². The fourth-order valence-corrected chi connectivity index (χ4v) is 5.02. The Morgan fingerprint density at radius 2 is 1.81 bits per heavy atom. The molecule has 0 atom stereocenters. The third-order valence-electron chi connectivity index (χ3n) is 6.90. The quantitative estimate of drug-likeness (QED) is 0.354. The number of hydrogen-bond acceptors (Lipinski definition) is 7. The summed E-state index contributed by atoms with van der Waals surface area (Å²) < 4.78 is 0. The molecule has 0 unspecified atom stereocenters. The van der Waals surface area contributed by atoms with E-state index in [0.29, 0.717) is 0 Å². The molecule has 184 valence electrons. The van der Waals surface area contributed by atoms with Crippen molar-refractivity contribution in [3.05, 3.63) is 48.7 Å². The molecule has 6 heterocycles. The van der Waals surface area contributed by atoms with E-state index in [1.807, 2.05) is 31.0 Å². The third kappa shape index (κ3) is 4.42. The maximum atomic E-state index is 4.99. The zero-order valence-electron chi connectivity index (χ0n) is 20.8. The first-order valence-electron chi connectivity index (χ1n) is 12.7. The second-order valence-corrected chi connectivity index (χ2v) is 9.86. The number of nitrogens with one attached hydrogen (secondary N) is 2.